The van der Waals surface area contributed by atoms with E-state index in [-0.39, 0.29) is 11.9 Å². The fourth-order valence-electron chi connectivity index (χ4n) is 4.05. The molecule has 10 nitrogen and oxygen atoms in total. The van der Waals surface area contributed by atoms with Crippen LogP contribution in [-0.2, 0) is 4.79 Å². The third kappa shape index (κ3) is 5.83. The van der Waals surface area contributed by atoms with Gasteiger partial charge >= 0.3 is 12.1 Å². The number of rotatable bonds is 3. The molecule has 1 aromatic carbocycles. The first kappa shape index (κ1) is 26.8. The Labute approximate surface area is 215 Å². The number of alkyl halides is 3. The molecule has 1 amide bonds. The molecular formula is C25H25F3N6O4. The Hall–Kier alpha value is -4.26. The third-order valence-corrected chi connectivity index (χ3v) is 6.17. The number of halogens is 3. The predicted molar refractivity (Wildman–Crippen MR) is 129 cm³/mol. The summed E-state index contributed by atoms with van der Waals surface area (Å²) in [7, 11) is 2.05. The molecule has 0 aliphatic carbocycles. The summed E-state index contributed by atoms with van der Waals surface area (Å²) >= 11 is 0. The van der Waals surface area contributed by atoms with E-state index in [1.165, 1.54) is 5.56 Å². The zero-order valence-corrected chi connectivity index (χ0v) is 20.8. The van der Waals surface area contributed by atoms with Gasteiger partial charge in [0, 0.05) is 37.5 Å². The van der Waals surface area contributed by atoms with Gasteiger partial charge in [0.05, 0.1) is 11.6 Å². The summed E-state index contributed by atoms with van der Waals surface area (Å²) in [5.74, 6) is -2.25. The SMILES string of the molecule is Cc1ccc(-c2ccc3c(C4CN(C(=O)c5cc(C)on5)CCN4C)nnn3c2)cc1.O=C(O)C(F)(F)F. The number of carboxylic acids is 1. The minimum atomic E-state index is -5.08. The monoisotopic (exact) mass is 530 g/mol. The van der Waals surface area contributed by atoms with Gasteiger partial charge in [-0.05, 0) is 32.5 Å². The number of hydrogen-bond donors (Lipinski definition) is 1. The first-order chi connectivity index (χ1) is 17.9. The lowest BCUT2D eigenvalue weighted by Gasteiger charge is -2.38. The van der Waals surface area contributed by atoms with Gasteiger partial charge in [0.15, 0.2) is 5.69 Å². The molecule has 5 rings (SSSR count). The van der Waals surface area contributed by atoms with Crippen LogP contribution in [-0.4, -0.2) is 79.6 Å². The first-order valence-electron chi connectivity index (χ1n) is 11.6. The van der Waals surface area contributed by atoms with Crippen molar-refractivity contribution in [3.63, 3.8) is 0 Å². The van der Waals surface area contributed by atoms with Crippen molar-refractivity contribution >= 4 is 17.4 Å². The minimum absolute atomic E-state index is 0.0478. The zero-order valence-electron chi connectivity index (χ0n) is 20.8. The van der Waals surface area contributed by atoms with Crippen LogP contribution in [0.4, 0.5) is 13.2 Å². The molecule has 4 aromatic rings. The van der Waals surface area contributed by atoms with Crippen molar-refractivity contribution in [2.45, 2.75) is 26.1 Å². The van der Waals surface area contributed by atoms with Crippen LogP contribution in [0.2, 0.25) is 0 Å². The first-order valence-corrected chi connectivity index (χ1v) is 11.6. The fourth-order valence-corrected chi connectivity index (χ4v) is 4.05. The van der Waals surface area contributed by atoms with E-state index >= 15 is 0 Å². The maximum absolute atomic E-state index is 12.9. The molecular weight excluding hydrogens is 505 g/mol. The number of benzene rings is 1. The van der Waals surface area contributed by atoms with E-state index in [0.29, 0.717) is 24.5 Å². The van der Waals surface area contributed by atoms with Crippen molar-refractivity contribution in [2.75, 3.05) is 26.7 Å². The largest absolute Gasteiger partial charge is 0.490 e. The van der Waals surface area contributed by atoms with E-state index in [2.05, 4.69) is 70.7 Å². The second-order valence-corrected chi connectivity index (χ2v) is 8.96. The van der Waals surface area contributed by atoms with Crippen LogP contribution in [0.5, 0.6) is 0 Å². The minimum Gasteiger partial charge on any atom is -0.475 e. The van der Waals surface area contributed by atoms with Crippen molar-refractivity contribution in [1.29, 1.82) is 0 Å². The number of aliphatic carboxylic acids is 1. The van der Waals surface area contributed by atoms with Gasteiger partial charge in [-0.3, -0.25) is 9.69 Å². The molecule has 1 unspecified atom stereocenters. The molecule has 1 aliphatic rings. The second-order valence-electron chi connectivity index (χ2n) is 8.96. The number of carbonyl (C=O) groups is 2. The summed E-state index contributed by atoms with van der Waals surface area (Å²) in [6, 6.07) is 14.2. The average Bonchev–Trinajstić information content (AvgIpc) is 3.50. The van der Waals surface area contributed by atoms with Crippen molar-refractivity contribution in [2.24, 2.45) is 0 Å². The number of likely N-dealkylation sites (N-methyl/N-ethyl adjacent to an activating group) is 1. The molecule has 38 heavy (non-hydrogen) atoms. The van der Waals surface area contributed by atoms with Gasteiger partial charge in [0.2, 0.25) is 0 Å². The van der Waals surface area contributed by atoms with E-state index in [9.17, 15) is 18.0 Å². The molecule has 1 fully saturated rings. The normalized spacial score (nSPS) is 16.3. The lowest BCUT2D eigenvalue weighted by molar-refractivity contribution is -0.192. The molecule has 1 N–H and O–H groups in total. The lowest BCUT2D eigenvalue weighted by atomic mass is 10.0. The van der Waals surface area contributed by atoms with Crippen molar-refractivity contribution in [3.05, 3.63) is 71.4 Å². The summed E-state index contributed by atoms with van der Waals surface area (Å²) in [6.07, 6.45) is -3.08. The summed E-state index contributed by atoms with van der Waals surface area (Å²) in [5, 5.41) is 19.9. The maximum Gasteiger partial charge on any atom is 0.490 e. The quantitative estimate of drug-likeness (QED) is 0.426. The van der Waals surface area contributed by atoms with Gasteiger partial charge in [-0.1, -0.05) is 46.3 Å². The number of carboxylic acid groups (broad SMARTS) is 1. The van der Waals surface area contributed by atoms with Crippen molar-refractivity contribution < 1.29 is 32.4 Å². The summed E-state index contributed by atoms with van der Waals surface area (Å²) in [4.78, 5) is 25.8. The van der Waals surface area contributed by atoms with Crippen LogP contribution in [0.15, 0.2) is 53.2 Å². The number of carbonyl (C=O) groups excluding carboxylic acids is 1. The van der Waals surface area contributed by atoms with Gasteiger partial charge in [0.25, 0.3) is 5.91 Å². The summed E-state index contributed by atoms with van der Waals surface area (Å²) < 4.78 is 38.6. The molecule has 4 heterocycles. The number of nitrogens with zero attached hydrogens (tertiary/aromatic N) is 6. The van der Waals surface area contributed by atoms with Crippen LogP contribution >= 0.6 is 0 Å². The number of pyridine rings is 1. The average molecular weight is 531 g/mol. The molecule has 0 spiro atoms. The van der Waals surface area contributed by atoms with Crippen molar-refractivity contribution in [1.82, 2.24) is 29.8 Å². The Morgan fingerprint density at radius 1 is 1.05 bits per heavy atom. The van der Waals surface area contributed by atoms with E-state index in [4.69, 9.17) is 14.4 Å². The Kier molecular flexibility index (Phi) is 7.49. The molecule has 1 atom stereocenters. The third-order valence-electron chi connectivity index (χ3n) is 6.17. The maximum atomic E-state index is 12.9. The molecule has 0 bridgehead atoms. The van der Waals surface area contributed by atoms with E-state index in [1.807, 2.05) is 15.6 Å². The highest BCUT2D eigenvalue weighted by molar-refractivity contribution is 5.92. The van der Waals surface area contributed by atoms with Crippen LogP contribution < -0.4 is 0 Å². The molecule has 0 saturated carbocycles. The van der Waals surface area contributed by atoms with Gasteiger partial charge in [-0.2, -0.15) is 13.2 Å². The highest BCUT2D eigenvalue weighted by atomic mass is 19.4. The van der Waals surface area contributed by atoms with Gasteiger partial charge in [-0.25, -0.2) is 9.31 Å². The number of aromatic nitrogens is 4. The molecule has 200 valence electrons. The highest BCUT2D eigenvalue weighted by Gasteiger charge is 2.38. The van der Waals surface area contributed by atoms with Crippen LogP contribution in [0, 0.1) is 13.8 Å². The standard InChI is InChI=1S/C23H24N6O2.C2HF3O2/c1-15-4-6-17(7-5-15)18-8-9-20-22(24-26-29(20)13-18)21-14-28(11-10-27(21)3)23(30)19-12-16(2)31-25-19;3-2(4,5)1(6)7/h4-9,12-13,21H,10-11,14H2,1-3H3;(H,6,7). The van der Waals surface area contributed by atoms with E-state index < -0.39 is 12.1 Å². The fraction of sp³-hybridized carbons (Fsp3) is 0.320. The molecule has 3 aromatic heterocycles. The predicted octanol–water partition coefficient (Wildman–Crippen LogP) is 3.76. The highest BCUT2D eigenvalue weighted by Crippen LogP contribution is 2.28. The topological polar surface area (TPSA) is 117 Å². The molecule has 1 saturated heterocycles. The van der Waals surface area contributed by atoms with Crippen molar-refractivity contribution in [3.8, 4) is 11.1 Å². The van der Waals surface area contributed by atoms with E-state index in [0.717, 1.165) is 28.9 Å². The molecule has 0 radical (unpaired) electrons. The number of aryl methyl sites for hydroxylation is 2. The van der Waals surface area contributed by atoms with Gasteiger partial charge in [-0.15, -0.1) is 5.10 Å². The number of hydrogen-bond acceptors (Lipinski definition) is 7. The second kappa shape index (κ2) is 10.6. The number of fused-ring (bicyclic) bond motifs is 1. The Bertz CT molecular complexity index is 1450. The summed E-state index contributed by atoms with van der Waals surface area (Å²) in [6.45, 7) is 5.76. The Balaban J connectivity index is 0.000000426. The zero-order chi connectivity index (χ0) is 27.6. The lowest BCUT2D eigenvalue weighted by Crippen LogP contribution is -2.49. The van der Waals surface area contributed by atoms with Gasteiger partial charge < -0.3 is 14.5 Å². The van der Waals surface area contributed by atoms with Crippen LogP contribution in [0.1, 0.15) is 33.5 Å². The number of amides is 1. The molecule has 13 heteroatoms. The summed E-state index contributed by atoms with van der Waals surface area (Å²) in [5.41, 5.74) is 5.61. The Morgan fingerprint density at radius 2 is 1.71 bits per heavy atom. The smallest absolute Gasteiger partial charge is 0.475 e. The van der Waals surface area contributed by atoms with E-state index in [1.54, 1.807) is 13.0 Å². The van der Waals surface area contributed by atoms with Crippen LogP contribution in [0.25, 0.3) is 16.6 Å². The Morgan fingerprint density at radius 3 is 2.32 bits per heavy atom. The van der Waals surface area contributed by atoms with Gasteiger partial charge in [0.1, 0.15) is 11.5 Å². The number of piperazine rings is 1. The van der Waals surface area contributed by atoms with Crippen LogP contribution in [0.3, 0.4) is 0 Å². The molecule has 1 aliphatic heterocycles.